The van der Waals surface area contributed by atoms with Crippen molar-refractivity contribution in [1.29, 1.82) is 0 Å². The van der Waals surface area contributed by atoms with E-state index in [-0.39, 0.29) is 5.91 Å². The van der Waals surface area contributed by atoms with E-state index in [1.807, 2.05) is 25.1 Å². The van der Waals surface area contributed by atoms with Crippen LogP contribution in [0, 0.1) is 6.92 Å². The Kier molecular flexibility index (Phi) is 5.04. The molecule has 2 aromatic carbocycles. The maximum absolute atomic E-state index is 12.6. The number of nitrogens with one attached hydrogen (secondary N) is 2. The third-order valence-corrected chi connectivity index (χ3v) is 4.75. The topological polar surface area (TPSA) is 72.5 Å². The quantitative estimate of drug-likeness (QED) is 0.663. The zero-order valence-corrected chi connectivity index (χ0v) is 15.9. The second-order valence-corrected chi connectivity index (χ2v) is 6.69. The fraction of sp³-hybridized carbons (Fsp3) is 0.143. The summed E-state index contributed by atoms with van der Waals surface area (Å²) < 4.78 is 11.0. The Hall–Kier alpha value is -3.25. The molecule has 1 amide bonds. The summed E-state index contributed by atoms with van der Waals surface area (Å²) in [4.78, 5) is 16.8. The molecule has 0 unspecified atom stereocenters. The van der Waals surface area contributed by atoms with Crippen LogP contribution in [-0.2, 0) is 0 Å². The normalized spacial score (nSPS) is 12.4. The van der Waals surface area contributed by atoms with Gasteiger partial charge >= 0.3 is 0 Å². The predicted octanol–water partition coefficient (Wildman–Crippen LogP) is 4.81. The van der Waals surface area contributed by atoms with E-state index in [4.69, 9.17) is 21.1 Å². The summed E-state index contributed by atoms with van der Waals surface area (Å²) in [5, 5.41) is 6.78. The lowest BCUT2D eigenvalue weighted by molar-refractivity contribution is 0.102. The van der Waals surface area contributed by atoms with Gasteiger partial charge in [0.2, 0.25) is 0 Å². The molecule has 142 valence electrons. The van der Waals surface area contributed by atoms with Crippen molar-refractivity contribution in [3.8, 4) is 11.5 Å². The van der Waals surface area contributed by atoms with Crippen LogP contribution in [0.5, 0.6) is 11.5 Å². The molecular formula is C21H18ClN3O3. The Bertz CT molecular complexity index is 1040. The number of benzene rings is 2. The Morgan fingerprint density at radius 2 is 1.86 bits per heavy atom. The molecule has 0 saturated carbocycles. The smallest absolute Gasteiger partial charge is 0.274 e. The van der Waals surface area contributed by atoms with E-state index in [9.17, 15) is 4.79 Å². The molecule has 6 nitrogen and oxygen atoms in total. The van der Waals surface area contributed by atoms with Crippen LogP contribution >= 0.6 is 11.6 Å². The van der Waals surface area contributed by atoms with Crippen LogP contribution in [0.25, 0.3) is 0 Å². The van der Waals surface area contributed by atoms with E-state index in [0.29, 0.717) is 41.1 Å². The number of hydrogen-bond donors (Lipinski definition) is 2. The lowest BCUT2D eigenvalue weighted by Crippen LogP contribution is -2.17. The van der Waals surface area contributed by atoms with Crippen molar-refractivity contribution in [2.45, 2.75) is 6.92 Å². The van der Waals surface area contributed by atoms with E-state index in [0.717, 1.165) is 16.9 Å². The van der Waals surface area contributed by atoms with Crippen molar-refractivity contribution in [2.24, 2.45) is 0 Å². The van der Waals surface area contributed by atoms with E-state index >= 15 is 0 Å². The van der Waals surface area contributed by atoms with Gasteiger partial charge in [0.25, 0.3) is 5.91 Å². The molecule has 1 aliphatic rings. The number of nitrogens with zero attached hydrogens (tertiary/aromatic N) is 1. The van der Waals surface area contributed by atoms with Gasteiger partial charge in [-0.1, -0.05) is 17.7 Å². The van der Waals surface area contributed by atoms with Crippen molar-refractivity contribution >= 4 is 34.6 Å². The molecule has 0 radical (unpaired) electrons. The van der Waals surface area contributed by atoms with Crippen molar-refractivity contribution in [3.05, 3.63) is 71.0 Å². The zero-order chi connectivity index (χ0) is 19.5. The molecule has 0 aliphatic carbocycles. The first-order chi connectivity index (χ1) is 13.6. The van der Waals surface area contributed by atoms with Crippen LogP contribution in [0.4, 0.5) is 17.1 Å². The van der Waals surface area contributed by atoms with Crippen molar-refractivity contribution < 1.29 is 14.3 Å². The molecule has 1 aromatic heterocycles. The molecule has 7 heteroatoms. The highest BCUT2D eigenvalue weighted by Crippen LogP contribution is 2.32. The van der Waals surface area contributed by atoms with Gasteiger partial charge in [-0.15, -0.1) is 0 Å². The van der Waals surface area contributed by atoms with E-state index in [1.165, 1.54) is 0 Å². The van der Waals surface area contributed by atoms with Crippen molar-refractivity contribution in [3.63, 3.8) is 0 Å². The Balaban J connectivity index is 1.51. The van der Waals surface area contributed by atoms with Gasteiger partial charge in [-0.3, -0.25) is 9.78 Å². The van der Waals surface area contributed by atoms with E-state index < -0.39 is 0 Å². The number of anilines is 3. The Morgan fingerprint density at radius 1 is 1.04 bits per heavy atom. The molecule has 28 heavy (non-hydrogen) atoms. The third kappa shape index (κ3) is 3.87. The molecule has 0 spiro atoms. The number of rotatable bonds is 4. The van der Waals surface area contributed by atoms with Gasteiger partial charge in [-0.05, 0) is 48.9 Å². The molecule has 4 rings (SSSR count). The number of aromatic nitrogens is 1. The molecule has 0 fully saturated rings. The average Bonchev–Trinajstić information content (AvgIpc) is 2.71. The van der Waals surface area contributed by atoms with Crippen LogP contribution < -0.4 is 20.1 Å². The fourth-order valence-electron chi connectivity index (χ4n) is 2.85. The number of carbonyl (C=O) groups excluding carboxylic acids is 1. The van der Waals surface area contributed by atoms with Gasteiger partial charge in [0.15, 0.2) is 11.5 Å². The van der Waals surface area contributed by atoms with Gasteiger partial charge < -0.3 is 20.1 Å². The van der Waals surface area contributed by atoms with Gasteiger partial charge in [0.05, 0.1) is 0 Å². The average molecular weight is 396 g/mol. The Morgan fingerprint density at radius 3 is 2.71 bits per heavy atom. The number of ether oxygens (including phenoxy) is 2. The van der Waals surface area contributed by atoms with Crippen LogP contribution in [-0.4, -0.2) is 24.1 Å². The van der Waals surface area contributed by atoms with E-state index in [1.54, 1.807) is 36.5 Å². The maximum Gasteiger partial charge on any atom is 0.274 e. The van der Waals surface area contributed by atoms with Gasteiger partial charge in [-0.25, -0.2) is 0 Å². The molecule has 2 heterocycles. The van der Waals surface area contributed by atoms with E-state index in [2.05, 4.69) is 15.6 Å². The van der Waals surface area contributed by atoms with Crippen LogP contribution in [0.15, 0.2) is 54.7 Å². The number of amides is 1. The first-order valence-corrected chi connectivity index (χ1v) is 9.17. The highest BCUT2D eigenvalue weighted by atomic mass is 35.5. The molecular weight excluding hydrogens is 378 g/mol. The second kappa shape index (κ2) is 7.78. The Labute approximate surface area is 167 Å². The number of carbonyl (C=O) groups is 1. The molecule has 3 aromatic rings. The second-order valence-electron chi connectivity index (χ2n) is 6.28. The van der Waals surface area contributed by atoms with Crippen LogP contribution in [0.2, 0.25) is 5.02 Å². The monoisotopic (exact) mass is 395 g/mol. The third-order valence-electron chi connectivity index (χ3n) is 4.34. The number of fused-ring (bicyclic) bond motifs is 1. The molecule has 0 bridgehead atoms. The van der Waals surface area contributed by atoms with Crippen molar-refractivity contribution in [2.75, 3.05) is 23.8 Å². The van der Waals surface area contributed by atoms with Gasteiger partial charge in [0.1, 0.15) is 18.9 Å². The number of hydrogen-bond acceptors (Lipinski definition) is 5. The number of pyridine rings is 1. The zero-order valence-electron chi connectivity index (χ0n) is 15.2. The van der Waals surface area contributed by atoms with Crippen molar-refractivity contribution in [1.82, 2.24) is 4.98 Å². The minimum Gasteiger partial charge on any atom is -0.486 e. The summed E-state index contributed by atoms with van der Waals surface area (Å²) in [6.07, 6.45) is 1.58. The summed E-state index contributed by atoms with van der Waals surface area (Å²) >= 11 is 6.17. The molecule has 2 N–H and O–H groups in total. The summed E-state index contributed by atoms with van der Waals surface area (Å²) in [7, 11) is 0. The fourth-order valence-corrected chi connectivity index (χ4v) is 3.02. The first-order valence-electron chi connectivity index (χ1n) is 8.79. The summed E-state index contributed by atoms with van der Waals surface area (Å²) in [6.45, 7) is 2.94. The number of halogens is 1. The standard InChI is InChI=1S/C21H18ClN3O3/c1-13-16(22)3-2-4-17(13)24-15-7-8-23-18(11-15)21(26)25-14-5-6-19-20(12-14)28-10-9-27-19/h2-8,11-12H,9-10H2,1H3,(H,23,24)(H,25,26). The summed E-state index contributed by atoms with van der Waals surface area (Å²) in [6, 6.07) is 14.4. The maximum atomic E-state index is 12.6. The van der Waals surface area contributed by atoms with Crippen LogP contribution in [0.3, 0.4) is 0 Å². The highest BCUT2D eigenvalue weighted by molar-refractivity contribution is 6.31. The summed E-state index contributed by atoms with van der Waals surface area (Å²) in [5.41, 5.74) is 3.45. The van der Waals surface area contributed by atoms with Gasteiger partial charge in [0, 0.05) is 34.3 Å². The lowest BCUT2D eigenvalue weighted by Gasteiger charge is -2.19. The minimum atomic E-state index is -0.317. The van der Waals surface area contributed by atoms with Gasteiger partial charge in [-0.2, -0.15) is 0 Å². The molecule has 0 saturated heterocycles. The largest absolute Gasteiger partial charge is 0.486 e. The molecule has 0 atom stereocenters. The SMILES string of the molecule is Cc1c(Cl)cccc1Nc1ccnc(C(=O)Nc2ccc3c(c2)OCCO3)c1. The summed E-state index contributed by atoms with van der Waals surface area (Å²) in [5.74, 6) is 0.970. The minimum absolute atomic E-state index is 0.291. The highest BCUT2D eigenvalue weighted by Gasteiger charge is 2.14. The molecule has 1 aliphatic heterocycles. The van der Waals surface area contributed by atoms with Crippen LogP contribution in [0.1, 0.15) is 16.1 Å². The first kappa shape index (κ1) is 18.1. The lowest BCUT2D eigenvalue weighted by atomic mass is 10.2. The predicted molar refractivity (Wildman–Crippen MR) is 109 cm³/mol.